The molecule has 0 amide bonds. The molecule has 1 atom stereocenters. The number of halogens is 1. The zero-order valence-corrected chi connectivity index (χ0v) is 11.2. The molecule has 1 fully saturated rings. The molecule has 100 valence electrons. The van der Waals surface area contributed by atoms with E-state index in [1.165, 1.54) is 0 Å². The van der Waals surface area contributed by atoms with E-state index in [0.717, 1.165) is 17.0 Å². The van der Waals surface area contributed by atoms with E-state index in [9.17, 15) is 5.11 Å². The van der Waals surface area contributed by atoms with Crippen molar-refractivity contribution in [1.82, 2.24) is 25.1 Å². The van der Waals surface area contributed by atoms with E-state index in [0.29, 0.717) is 13.1 Å². The van der Waals surface area contributed by atoms with Gasteiger partial charge in [-0.2, -0.15) is 5.10 Å². The number of nitrogens with zero attached hydrogens (tertiary/aromatic N) is 4. The molecule has 1 saturated heterocycles. The van der Waals surface area contributed by atoms with E-state index in [4.69, 9.17) is 11.6 Å². The number of aliphatic hydroxyl groups is 1. The fraction of sp³-hybridized carbons (Fsp3) is 0.417. The molecule has 3 rings (SSSR count). The summed E-state index contributed by atoms with van der Waals surface area (Å²) in [7, 11) is 0. The Kier molecular flexibility index (Phi) is 3.22. The van der Waals surface area contributed by atoms with Gasteiger partial charge in [-0.15, -0.1) is 0 Å². The van der Waals surface area contributed by atoms with Crippen LogP contribution in [-0.4, -0.2) is 49.4 Å². The minimum atomic E-state index is -0.271. The Morgan fingerprint density at radius 2 is 2.32 bits per heavy atom. The lowest BCUT2D eigenvalue weighted by atomic mass is 9.98. The third kappa shape index (κ3) is 2.34. The van der Waals surface area contributed by atoms with Crippen molar-refractivity contribution in [3.8, 4) is 0 Å². The Bertz CT molecular complexity index is 581. The predicted molar refractivity (Wildman–Crippen MR) is 69.8 cm³/mol. The maximum absolute atomic E-state index is 9.51. The van der Waals surface area contributed by atoms with Gasteiger partial charge in [-0.05, 0) is 24.6 Å². The second kappa shape index (κ2) is 4.88. The lowest BCUT2D eigenvalue weighted by molar-refractivity contribution is -0.0170. The van der Waals surface area contributed by atoms with Crippen LogP contribution < -0.4 is 0 Å². The monoisotopic (exact) mass is 279 g/mol. The van der Waals surface area contributed by atoms with E-state index in [2.05, 4.69) is 25.1 Å². The van der Waals surface area contributed by atoms with E-state index >= 15 is 0 Å². The first-order chi connectivity index (χ1) is 9.15. The molecule has 0 spiro atoms. The van der Waals surface area contributed by atoms with Gasteiger partial charge < -0.3 is 5.11 Å². The number of β-amino-alcohol motifs (C(OH)–C–C–N with tert-alkyl or cyclic N) is 1. The van der Waals surface area contributed by atoms with Crippen LogP contribution in [0.25, 0.3) is 0 Å². The van der Waals surface area contributed by atoms with Crippen LogP contribution in [-0.2, 0) is 0 Å². The second-order valence-corrected chi connectivity index (χ2v) is 5.02. The lowest BCUT2D eigenvalue weighted by Crippen LogP contribution is -2.52. The smallest absolute Gasteiger partial charge is 0.222 e. The Hall–Kier alpha value is -1.50. The largest absolute Gasteiger partial charge is 0.390 e. The lowest BCUT2D eigenvalue weighted by Gasteiger charge is -2.41. The van der Waals surface area contributed by atoms with E-state index in [1.54, 1.807) is 6.20 Å². The summed E-state index contributed by atoms with van der Waals surface area (Å²) in [6.45, 7) is 3.19. The quantitative estimate of drug-likeness (QED) is 0.817. The van der Waals surface area contributed by atoms with Crippen molar-refractivity contribution in [3.05, 3.63) is 40.7 Å². The molecule has 19 heavy (non-hydrogen) atoms. The van der Waals surface area contributed by atoms with Gasteiger partial charge in [0.2, 0.25) is 5.28 Å². The van der Waals surface area contributed by atoms with Gasteiger partial charge >= 0.3 is 0 Å². The number of aliphatic hydroxyl groups excluding tert-OH is 1. The maximum atomic E-state index is 9.51. The molecule has 0 bridgehead atoms. The molecule has 0 radical (unpaired) electrons. The van der Waals surface area contributed by atoms with E-state index in [1.807, 2.05) is 19.2 Å². The first-order valence-corrected chi connectivity index (χ1v) is 6.44. The molecule has 1 aliphatic heterocycles. The number of hydrogen-bond donors (Lipinski definition) is 2. The minimum absolute atomic E-state index is 0.0531. The second-order valence-electron chi connectivity index (χ2n) is 4.69. The molecular formula is C12H14ClN5O. The van der Waals surface area contributed by atoms with Crippen LogP contribution in [0.3, 0.4) is 0 Å². The number of aromatic amines is 1. The number of nitrogens with one attached hydrogen (secondary N) is 1. The topological polar surface area (TPSA) is 77.9 Å². The molecule has 2 aromatic rings. The first kappa shape index (κ1) is 12.5. The zero-order valence-electron chi connectivity index (χ0n) is 10.4. The fourth-order valence-electron chi connectivity index (χ4n) is 2.39. The third-order valence-electron chi connectivity index (χ3n) is 3.35. The molecule has 0 saturated carbocycles. The Morgan fingerprint density at radius 3 is 2.89 bits per heavy atom. The van der Waals surface area contributed by atoms with Gasteiger partial charge in [0, 0.05) is 31.0 Å². The summed E-state index contributed by atoms with van der Waals surface area (Å²) in [6, 6.07) is 1.79. The van der Waals surface area contributed by atoms with Crippen molar-refractivity contribution in [2.75, 3.05) is 13.1 Å². The molecule has 6 nitrogen and oxygen atoms in total. The molecule has 7 heteroatoms. The van der Waals surface area contributed by atoms with Crippen LogP contribution in [0.2, 0.25) is 5.28 Å². The number of aryl methyl sites for hydroxylation is 1. The van der Waals surface area contributed by atoms with Crippen LogP contribution >= 0.6 is 11.6 Å². The molecule has 1 aliphatic rings. The average Bonchev–Trinajstić information content (AvgIpc) is 2.74. The fourth-order valence-corrected chi connectivity index (χ4v) is 2.54. The number of hydrogen-bond acceptors (Lipinski definition) is 5. The highest BCUT2D eigenvalue weighted by Crippen LogP contribution is 2.32. The highest BCUT2D eigenvalue weighted by Gasteiger charge is 2.35. The van der Waals surface area contributed by atoms with E-state index < -0.39 is 0 Å². The van der Waals surface area contributed by atoms with Crippen molar-refractivity contribution in [3.63, 3.8) is 0 Å². The summed E-state index contributed by atoms with van der Waals surface area (Å²) >= 11 is 5.87. The molecule has 1 unspecified atom stereocenters. The van der Waals surface area contributed by atoms with Crippen LogP contribution in [0.15, 0.2) is 18.5 Å². The summed E-state index contributed by atoms with van der Waals surface area (Å²) in [5.41, 5.74) is 2.78. The highest BCUT2D eigenvalue weighted by atomic mass is 35.5. The SMILES string of the molecule is Cc1n[nH]cc1C(c1ccnc(Cl)n1)N1CC(O)C1. The predicted octanol–water partition coefficient (Wildman–Crippen LogP) is 0.927. The van der Waals surface area contributed by atoms with Crippen LogP contribution in [0.5, 0.6) is 0 Å². The Balaban J connectivity index is 1.99. The number of aromatic nitrogens is 4. The summed E-state index contributed by atoms with van der Waals surface area (Å²) < 4.78 is 0. The third-order valence-corrected chi connectivity index (χ3v) is 3.53. The molecular weight excluding hydrogens is 266 g/mol. The van der Waals surface area contributed by atoms with Gasteiger partial charge in [-0.3, -0.25) is 10.00 Å². The summed E-state index contributed by atoms with van der Waals surface area (Å²) in [6.07, 6.45) is 3.23. The highest BCUT2D eigenvalue weighted by molar-refractivity contribution is 6.28. The molecule has 2 aromatic heterocycles. The number of rotatable bonds is 3. The maximum Gasteiger partial charge on any atom is 0.222 e. The average molecular weight is 280 g/mol. The summed E-state index contributed by atoms with van der Waals surface area (Å²) in [5.74, 6) is 0. The van der Waals surface area contributed by atoms with Crippen molar-refractivity contribution < 1.29 is 5.11 Å². The first-order valence-electron chi connectivity index (χ1n) is 6.06. The van der Waals surface area contributed by atoms with Crippen molar-refractivity contribution in [1.29, 1.82) is 0 Å². The summed E-state index contributed by atoms with van der Waals surface area (Å²) in [5, 5.41) is 16.8. The normalized spacial score (nSPS) is 18.3. The number of likely N-dealkylation sites (tertiary alicyclic amines) is 1. The van der Waals surface area contributed by atoms with Crippen LogP contribution in [0.4, 0.5) is 0 Å². The molecule has 0 aliphatic carbocycles. The van der Waals surface area contributed by atoms with Gasteiger partial charge in [0.05, 0.1) is 23.5 Å². The van der Waals surface area contributed by atoms with Gasteiger partial charge in [-0.25, -0.2) is 9.97 Å². The molecule has 3 heterocycles. The van der Waals surface area contributed by atoms with Crippen molar-refractivity contribution in [2.45, 2.75) is 19.1 Å². The number of H-pyrrole nitrogens is 1. The molecule has 0 aromatic carbocycles. The van der Waals surface area contributed by atoms with Gasteiger partial charge in [0.25, 0.3) is 0 Å². The van der Waals surface area contributed by atoms with Gasteiger partial charge in [0.1, 0.15) is 0 Å². The van der Waals surface area contributed by atoms with E-state index in [-0.39, 0.29) is 17.4 Å². The Labute approximate surface area is 115 Å². The molecule has 2 N–H and O–H groups in total. The zero-order chi connectivity index (χ0) is 13.4. The van der Waals surface area contributed by atoms with Crippen LogP contribution in [0, 0.1) is 6.92 Å². The van der Waals surface area contributed by atoms with Crippen LogP contribution in [0.1, 0.15) is 23.0 Å². The van der Waals surface area contributed by atoms with Gasteiger partial charge in [0.15, 0.2) is 0 Å². The standard InChI is InChI=1S/C12H14ClN5O/c1-7-9(4-15-17-7)11(18-5-8(19)6-18)10-2-3-14-12(13)16-10/h2-4,8,11,19H,5-6H2,1H3,(H,15,17). The Morgan fingerprint density at radius 1 is 1.53 bits per heavy atom. The van der Waals surface area contributed by atoms with Gasteiger partial charge in [-0.1, -0.05) is 0 Å². The van der Waals surface area contributed by atoms with Crippen molar-refractivity contribution in [2.24, 2.45) is 0 Å². The minimum Gasteiger partial charge on any atom is -0.390 e. The van der Waals surface area contributed by atoms with Crippen molar-refractivity contribution >= 4 is 11.6 Å². The summed E-state index contributed by atoms with van der Waals surface area (Å²) in [4.78, 5) is 10.3.